The van der Waals surface area contributed by atoms with Crippen molar-refractivity contribution in [2.45, 2.75) is 11.7 Å². The molecule has 2 aromatic heterocycles. The van der Waals surface area contributed by atoms with Gasteiger partial charge in [0.25, 0.3) is 0 Å². The van der Waals surface area contributed by atoms with Crippen molar-refractivity contribution in [1.29, 1.82) is 0 Å². The van der Waals surface area contributed by atoms with Crippen LogP contribution in [0.4, 0.5) is 14.5 Å². The van der Waals surface area contributed by atoms with Crippen LogP contribution in [0.25, 0.3) is 0 Å². The van der Waals surface area contributed by atoms with E-state index in [-0.39, 0.29) is 11.4 Å². The predicted molar refractivity (Wildman–Crippen MR) is 83.5 cm³/mol. The molecule has 0 radical (unpaired) electrons. The number of halogens is 2. The maximum atomic E-state index is 13.5. The number of hydrogen-bond donors (Lipinski definition) is 1. The maximum Gasteiger partial charge on any atom is 0.234 e. The molecule has 6 nitrogen and oxygen atoms in total. The number of amides is 1. The van der Waals surface area contributed by atoms with Gasteiger partial charge in [-0.15, -0.1) is 10.2 Å². The van der Waals surface area contributed by atoms with Crippen LogP contribution < -0.4 is 5.32 Å². The van der Waals surface area contributed by atoms with Gasteiger partial charge in [-0.25, -0.2) is 8.78 Å². The number of aromatic nitrogens is 3. The van der Waals surface area contributed by atoms with Gasteiger partial charge in [-0.3, -0.25) is 4.79 Å². The first-order chi connectivity index (χ1) is 11.6. The fourth-order valence-electron chi connectivity index (χ4n) is 1.94. The monoisotopic (exact) mass is 350 g/mol. The van der Waals surface area contributed by atoms with E-state index >= 15 is 0 Å². The molecule has 0 saturated carbocycles. The maximum absolute atomic E-state index is 13.5. The standard InChI is InChI=1S/C15H12F2N4O2S/c16-10-3-4-13(12(17)6-10)19-14(22)8-24-15-20-18-9-21(15)7-11-2-1-5-23-11/h1-6,9H,7-8H2,(H,19,22). The van der Waals surface area contributed by atoms with Crippen molar-refractivity contribution in [2.24, 2.45) is 0 Å². The predicted octanol–water partition coefficient (Wildman–Crippen LogP) is 2.93. The highest BCUT2D eigenvalue weighted by molar-refractivity contribution is 7.99. The first kappa shape index (κ1) is 16.2. The van der Waals surface area contributed by atoms with Crippen LogP contribution in [0.1, 0.15) is 5.76 Å². The van der Waals surface area contributed by atoms with Crippen molar-refractivity contribution >= 4 is 23.4 Å². The number of thioether (sulfide) groups is 1. The van der Waals surface area contributed by atoms with Gasteiger partial charge in [0, 0.05) is 6.07 Å². The number of carbonyl (C=O) groups excluding carboxylic acids is 1. The summed E-state index contributed by atoms with van der Waals surface area (Å²) in [5, 5.41) is 10.7. The minimum atomic E-state index is -0.825. The van der Waals surface area contributed by atoms with E-state index in [4.69, 9.17) is 4.42 Å². The third-order valence-electron chi connectivity index (χ3n) is 3.02. The second-order valence-corrected chi connectivity index (χ2v) is 5.72. The number of anilines is 1. The summed E-state index contributed by atoms with van der Waals surface area (Å²) in [6, 6.07) is 6.55. The normalized spacial score (nSPS) is 10.8. The number of benzene rings is 1. The van der Waals surface area contributed by atoms with Crippen molar-refractivity contribution < 1.29 is 18.0 Å². The van der Waals surface area contributed by atoms with Crippen molar-refractivity contribution in [3.8, 4) is 0 Å². The molecule has 0 saturated heterocycles. The summed E-state index contributed by atoms with van der Waals surface area (Å²) < 4.78 is 33.3. The second kappa shape index (κ2) is 7.26. The van der Waals surface area contributed by atoms with Gasteiger partial charge in [0.2, 0.25) is 5.91 Å². The highest BCUT2D eigenvalue weighted by atomic mass is 32.2. The van der Waals surface area contributed by atoms with Gasteiger partial charge < -0.3 is 14.3 Å². The van der Waals surface area contributed by atoms with E-state index in [2.05, 4.69) is 15.5 Å². The lowest BCUT2D eigenvalue weighted by atomic mass is 10.3. The van der Waals surface area contributed by atoms with Crippen LogP contribution in [0.15, 0.2) is 52.5 Å². The molecule has 0 bridgehead atoms. The van der Waals surface area contributed by atoms with Gasteiger partial charge in [-0.05, 0) is 24.3 Å². The first-order valence-corrected chi connectivity index (χ1v) is 7.88. The van der Waals surface area contributed by atoms with Crippen molar-refractivity contribution in [3.63, 3.8) is 0 Å². The quantitative estimate of drug-likeness (QED) is 0.692. The lowest BCUT2D eigenvalue weighted by Gasteiger charge is -2.07. The average Bonchev–Trinajstić information content (AvgIpc) is 3.20. The molecule has 1 amide bonds. The topological polar surface area (TPSA) is 73.0 Å². The number of rotatable bonds is 6. The molecule has 0 aliphatic heterocycles. The Morgan fingerprint density at radius 2 is 2.21 bits per heavy atom. The summed E-state index contributed by atoms with van der Waals surface area (Å²) in [7, 11) is 0. The van der Waals surface area contributed by atoms with E-state index in [1.54, 1.807) is 16.9 Å². The molecular weight excluding hydrogens is 338 g/mol. The highest BCUT2D eigenvalue weighted by Gasteiger charge is 2.12. The Kier molecular flexibility index (Phi) is 4.90. The lowest BCUT2D eigenvalue weighted by molar-refractivity contribution is -0.113. The zero-order valence-electron chi connectivity index (χ0n) is 12.3. The molecule has 24 heavy (non-hydrogen) atoms. The summed E-state index contributed by atoms with van der Waals surface area (Å²) in [4.78, 5) is 11.9. The molecule has 9 heteroatoms. The molecule has 0 aliphatic rings. The van der Waals surface area contributed by atoms with Gasteiger partial charge in [0.15, 0.2) is 5.16 Å². The second-order valence-electron chi connectivity index (χ2n) is 4.78. The largest absolute Gasteiger partial charge is 0.467 e. The summed E-state index contributed by atoms with van der Waals surface area (Å²) in [5.41, 5.74) is -0.0703. The molecule has 3 aromatic rings. The molecule has 2 heterocycles. The molecule has 0 unspecified atom stereocenters. The van der Waals surface area contributed by atoms with Crippen LogP contribution in [-0.4, -0.2) is 26.4 Å². The van der Waals surface area contributed by atoms with Gasteiger partial charge in [-0.2, -0.15) is 0 Å². The Morgan fingerprint density at radius 1 is 1.33 bits per heavy atom. The Morgan fingerprint density at radius 3 is 2.96 bits per heavy atom. The molecule has 0 spiro atoms. The molecule has 1 N–H and O–H groups in total. The minimum absolute atomic E-state index is 0.00760. The third kappa shape index (κ3) is 3.99. The smallest absolute Gasteiger partial charge is 0.234 e. The van der Waals surface area contributed by atoms with Gasteiger partial charge >= 0.3 is 0 Å². The zero-order valence-corrected chi connectivity index (χ0v) is 13.1. The van der Waals surface area contributed by atoms with Crippen LogP contribution in [-0.2, 0) is 11.3 Å². The fraction of sp³-hybridized carbons (Fsp3) is 0.133. The third-order valence-corrected chi connectivity index (χ3v) is 4.00. The van der Waals surface area contributed by atoms with E-state index < -0.39 is 17.5 Å². The summed E-state index contributed by atoms with van der Waals surface area (Å²) in [5.74, 6) is -1.22. The molecule has 3 rings (SSSR count). The fourth-order valence-corrected chi connectivity index (χ4v) is 2.66. The molecule has 1 aromatic carbocycles. The Labute approximate surface area is 139 Å². The van der Waals surface area contributed by atoms with Crippen molar-refractivity contribution in [2.75, 3.05) is 11.1 Å². The van der Waals surface area contributed by atoms with E-state index in [0.29, 0.717) is 17.8 Å². The van der Waals surface area contributed by atoms with E-state index in [1.807, 2.05) is 6.07 Å². The van der Waals surface area contributed by atoms with Crippen LogP contribution in [0.5, 0.6) is 0 Å². The molecule has 124 valence electrons. The van der Waals surface area contributed by atoms with E-state index in [0.717, 1.165) is 23.6 Å². The Hall–Kier alpha value is -2.68. The number of carbonyl (C=O) groups is 1. The van der Waals surface area contributed by atoms with E-state index in [1.165, 1.54) is 12.4 Å². The van der Waals surface area contributed by atoms with Crippen LogP contribution in [0.2, 0.25) is 0 Å². The first-order valence-electron chi connectivity index (χ1n) is 6.90. The van der Waals surface area contributed by atoms with Crippen LogP contribution in [0.3, 0.4) is 0 Å². The Balaban J connectivity index is 1.58. The molecule has 0 atom stereocenters. The average molecular weight is 350 g/mol. The van der Waals surface area contributed by atoms with Crippen LogP contribution in [0, 0.1) is 11.6 Å². The molecular formula is C15H12F2N4O2S. The number of furan rings is 1. The number of nitrogens with zero attached hydrogens (tertiary/aromatic N) is 3. The summed E-state index contributed by atoms with van der Waals surface area (Å²) in [6.07, 6.45) is 3.10. The van der Waals surface area contributed by atoms with Gasteiger partial charge in [0.05, 0.1) is 24.2 Å². The molecule has 0 aliphatic carbocycles. The summed E-state index contributed by atoms with van der Waals surface area (Å²) >= 11 is 1.15. The number of hydrogen-bond acceptors (Lipinski definition) is 5. The molecule has 0 fully saturated rings. The SMILES string of the molecule is O=C(CSc1nncn1Cc1ccco1)Nc1ccc(F)cc1F. The van der Waals surface area contributed by atoms with Gasteiger partial charge in [-0.1, -0.05) is 11.8 Å². The highest BCUT2D eigenvalue weighted by Crippen LogP contribution is 2.19. The summed E-state index contributed by atoms with van der Waals surface area (Å²) in [6.45, 7) is 0.441. The van der Waals surface area contributed by atoms with Gasteiger partial charge in [0.1, 0.15) is 23.7 Å². The van der Waals surface area contributed by atoms with E-state index in [9.17, 15) is 13.6 Å². The van der Waals surface area contributed by atoms with Crippen LogP contribution >= 0.6 is 11.8 Å². The minimum Gasteiger partial charge on any atom is -0.467 e. The zero-order chi connectivity index (χ0) is 16.9. The Bertz CT molecular complexity index is 836. The lowest BCUT2D eigenvalue weighted by Crippen LogP contribution is -2.15. The number of nitrogens with one attached hydrogen (secondary N) is 1. The van der Waals surface area contributed by atoms with Crippen molar-refractivity contribution in [1.82, 2.24) is 14.8 Å². The van der Waals surface area contributed by atoms with Crippen molar-refractivity contribution in [3.05, 3.63) is 60.3 Å².